The quantitative estimate of drug-likeness (QED) is 0.203. The normalized spacial score (nSPS) is 11.8. The van der Waals surface area contributed by atoms with Gasteiger partial charge in [-0.3, -0.25) is 0 Å². The first-order chi connectivity index (χ1) is 17.6. The summed E-state index contributed by atoms with van der Waals surface area (Å²) < 4.78 is 16.1. The first kappa shape index (κ1) is 28.9. The summed E-state index contributed by atoms with van der Waals surface area (Å²) >= 11 is 0. The number of rotatable bonds is 15. The molecule has 0 amide bonds. The summed E-state index contributed by atoms with van der Waals surface area (Å²) in [5, 5.41) is 2.52. The molecule has 0 aliphatic rings. The van der Waals surface area contributed by atoms with Gasteiger partial charge in [0.2, 0.25) is 0 Å². The van der Waals surface area contributed by atoms with Gasteiger partial charge in [0.1, 0.15) is 11.2 Å². The van der Waals surface area contributed by atoms with Crippen molar-refractivity contribution < 1.29 is 8.39 Å². The predicted molar refractivity (Wildman–Crippen MR) is 160 cm³/mol. The van der Waals surface area contributed by atoms with Crippen molar-refractivity contribution in [2.75, 3.05) is 18.3 Å². The van der Waals surface area contributed by atoms with Gasteiger partial charge in [0.05, 0.1) is 0 Å². The van der Waals surface area contributed by atoms with Gasteiger partial charge in [0.15, 0.2) is 0 Å². The molecule has 0 fully saturated rings. The van der Waals surface area contributed by atoms with Crippen LogP contribution in [0.25, 0.3) is 21.9 Å². The molecule has 2 aromatic carbocycles. The minimum absolute atomic E-state index is 0.966. The van der Waals surface area contributed by atoms with Crippen LogP contribution >= 0.6 is 8.16 Å². The Balaban J connectivity index is 2.44. The van der Waals surface area contributed by atoms with Gasteiger partial charge in [-0.15, -0.1) is 0 Å². The van der Waals surface area contributed by atoms with Gasteiger partial charge in [-0.2, -0.15) is 0 Å². The molecule has 0 N–H and O–H groups in total. The zero-order valence-corrected chi connectivity index (χ0v) is 24.8. The van der Waals surface area contributed by atoms with Gasteiger partial charge in [-0.1, -0.05) is 72.4 Å². The number of nitrogens with zero attached hydrogens (tertiary/aromatic N) is 1. The third-order valence-corrected chi connectivity index (χ3v) is 8.58. The SMILES string of the molecule is CCCCc1cc(CCCC)c2op(N(C)CCC)oc3c(CCCC)cc(CCCC)cc3c2c1. The highest BCUT2D eigenvalue weighted by molar-refractivity contribution is 7.38. The van der Waals surface area contributed by atoms with E-state index in [1.165, 1.54) is 84.4 Å². The van der Waals surface area contributed by atoms with Crippen molar-refractivity contribution in [1.82, 2.24) is 0 Å². The maximum Gasteiger partial charge on any atom is 0.309 e. The topological polar surface area (TPSA) is 29.5 Å². The fourth-order valence-electron chi connectivity index (χ4n) is 5.00. The van der Waals surface area contributed by atoms with Crippen LogP contribution in [-0.2, 0) is 25.7 Å². The Hall–Kier alpha value is -1.70. The number of fused-ring (bicyclic) bond motifs is 3. The second-order valence-electron chi connectivity index (χ2n) is 10.5. The van der Waals surface area contributed by atoms with Crippen LogP contribution in [-0.4, -0.2) is 13.6 Å². The van der Waals surface area contributed by atoms with E-state index in [-0.39, 0.29) is 0 Å². The van der Waals surface area contributed by atoms with Crippen LogP contribution in [0.2, 0.25) is 0 Å². The van der Waals surface area contributed by atoms with Crippen molar-refractivity contribution >= 4 is 30.1 Å². The summed E-state index contributed by atoms with van der Waals surface area (Å²) in [6.45, 7) is 12.3. The van der Waals surface area contributed by atoms with Gasteiger partial charge in [0.25, 0.3) is 0 Å². The second kappa shape index (κ2) is 14.9. The molecule has 1 heterocycles. The summed E-state index contributed by atoms with van der Waals surface area (Å²) in [6, 6.07) is 9.71. The Morgan fingerprint density at radius 1 is 0.583 bits per heavy atom. The van der Waals surface area contributed by atoms with E-state index in [4.69, 9.17) is 8.39 Å². The van der Waals surface area contributed by atoms with Crippen LogP contribution in [0.4, 0.5) is 0 Å². The van der Waals surface area contributed by atoms with E-state index in [9.17, 15) is 0 Å². The lowest BCUT2D eigenvalue weighted by Crippen LogP contribution is -2.13. The monoisotopic (exact) mass is 511 g/mol. The van der Waals surface area contributed by atoms with Crippen molar-refractivity contribution in [3.8, 4) is 0 Å². The molecule has 0 saturated heterocycles. The molecule has 0 radical (unpaired) electrons. The fraction of sp³-hybridized carbons (Fsp3) is 0.625. The smallest absolute Gasteiger partial charge is 0.309 e. The minimum atomic E-state index is -1.21. The molecule has 0 unspecified atom stereocenters. The third-order valence-electron chi connectivity index (χ3n) is 7.14. The second-order valence-corrected chi connectivity index (χ2v) is 12.0. The maximum atomic E-state index is 6.89. The van der Waals surface area contributed by atoms with E-state index < -0.39 is 8.16 Å². The van der Waals surface area contributed by atoms with Crippen LogP contribution < -0.4 is 4.67 Å². The van der Waals surface area contributed by atoms with E-state index in [1.807, 2.05) is 0 Å². The van der Waals surface area contributed by atoms with Gasteiger partial charge < -0.3 is 8.39 Å². The molecular weight excluding hydrogens is 461 g/mol. The number of hydrogen-bond donors (Lipinski definition) is 0. The zero-order valence-electron chi connectivity index (χ0n) is 23.9. The fourth-order valence-corrected chi connectivity index (χ4v) is 6.42. The Morgan fingerprint density at radius 3 is 1.39 bits per heavy atom. The van der Waals surface area contributed by atoms with Crippen LogP contribution in [0.15, 0.2) is 32.7 Å². The van der Waals surface area contributed by atoms with E-state index in [0.29, 0.717) is 0 Å². The molecule has 200 valence electrons. The Kier molecular flexibility index (Phi) is 11.9. The molecule has 0 saturated carbocycles. The summed E-state index contributed by atoms with van der Waals surface area (Å²) in [4.78, 5) is 0. The van der Waals surface area contributed by atoms with Crippen molar-refractivity contribution in [2.24, 2.45) is 0 Å². The zero-order chi connectivity index (χ0) is 25.9. The number of hydrogen-bond acceptors (Lipinski definition) is 3. The molecule has 36 heavy (non-hydrogen) atoms. The minimum Gasteiger partial charge on any atom is -0.408 e. The van der Waals surface area contributed by atoms with Gasteiger partial charge >= 0.3 is 8.16 Å². The highest BCUT2D eigenvalue weighted by Crippen LogP contribution is 2.40. The molecule has 3 rings (SSSR count). The molecule has 0 spiro atoms. The van der Waals surface area contributed by atoms with Crippen molar-refractivity contribution in [2.45, 2.75) is 118 Å². The molecule has 0 aliphatic heterocycles. The van der Waals surface area contributed by atoms with Crippen LogP contribution in [0.5, 0.6) is 0 Å². The van der Waals surface area contributed by atoms with Gasteiger partial charge in [-0.25, -0.2) is 4.67 Å². The predicted octanol–water partition coefficient (Wildman–Crippen LogP) is 10.6. The Labute approximate surface area is 221 Å². The van der Waals surface area contributed by atoms with Crippen molar-refractivity contribution in [3.05, 3.63) is 46.5 Å². The highest BCUT2D eigenvalue weighted by Gasteiger charge is 2.17. The Morgan fingerprint density at radius 2 is 1.00 bits per heavy atom. The lowest BCUT2D eigenvalue weighted by molar-refractivity contribution is 0.619. The van der Waals surface area contributed by atoms with E-state index >= 15 is 0 Å². The number of unbranched alkanes of at least 4 members (excludes halogenated alkanes) is 4. The summed E-state index contributed by atoms with van der Waals surface area (Å²) in [6.07, 6.45) is 15.1. The molecule has 0 atom stereocenters. The summed E-state index contributed by atoms with van der Waals surface area (Å²) in [7, 11) is 0.946. The molecule has 0 aliphatic carbocycles. The van der Waals surface area contributed by atoms with E-state index in [2.05, 4.69) is 70.6 Å². The van der Waals surface area contributed by atoms with E-state index in [0.717, 1.165) is 49.8 Å². The molecule has 3 nitrogen and oxygen atoms in total. The molecule has 0 bridgehead atoms. The average molecular weight is 512 g/mol. The first-order valence-electron chi connectivity index (χ1n) is 14.7. The highest BCUT2D eigenvalue weighted by atomic mass is 31.1. The molecule has 3 aromatic rings. The maximum absolute atomic E-state index is 6.89. The standard InChI is InChI=1S/C32H50NO2P/c1-7-12-16-25-21-27(18-14-9-3)31-29(23-25)30-24-26(17-13-8-2)22-28(19-15-10-4)32(30)35-36(34-31)33(6)20-11-5/h21-24H,7-20H2,1-6H3. The van der Waals surface area contributed by atoms with Crippen LogP contribution in [0.1, 0.15) is 115 Å². The van der Waals surface area contributed by atoms with Crippen molar-refractivity contribution in [3.63, 3.8) is 0 Å². The first-order valence-corrected chi connectivity index (χ1v) is 15.9. The largest absolute Gasteiger partial charge is 0.408 e. The number of aryl methyl sites for hydroxylation is 4. The van der Waals surface area contributed by atoms with Gasteiger partial charge in [0, 0.05) is 24.4 Å². The summed E-state index contributed by atoms with van der Waals surface area (Å²) in [5.74, 6) is 0. The lowest BCUT2D eigenvalue weighted by Gasteiger charge is -2.12. The summed E-state index contributed by atoms with van der Waals surface area (Å²) in [5.41, 5.74) is 7.76. The molecule has 1 aromatic heterocycles. The van der Waals surface area contributed by atoms with Crippen LogP contribution in [0.3, 0.4) is 0 Å². The average Bonchev–Trinajstić information content (AvgIpc) is 3.05. The van der Waals surface area contributed by atoms with Crippen LogP contribution in [0, 0.1) is 0 Å². The molecular formula is C32H50NO2P. The third kappa shape index (κ3) is 7.42. The van der Waals surface area contributed by atoms with E-state index in [1.54, 1.807) is 0 Å². The Bertz CT molecular complexity index is 1050. The number of benzene rings is 2. The van der Waals surface area contributed by atoms with Gasteiger partial charge in [-0.05, 0) is 92.2 Å². The van der Waals surface area contributed by atoms with Crippen molar-refractivity contribution in [1.29, 1.82) is 0 Å². The molecule has 4 heteroatoms. The lowest BCUT2D eigenvalue weighted by atomic mass is 9.94.